The molecule has 2 aromatic rings. The Morgan fingerprint density at radius 1 is 1.12 bits per heavy atom. The number of carbonyl (C=O) groups excluding carboxylic acids is 1. The normalized spacial score (nSPS) is 14.5. The monoisotopic (exact) mass is 357 g/mol. The maximum absolute atomic E-state index is 12.4. The zero-order chi connectivity index (χ0) is 17.6. The maximum Gasteiger partial charge on any atom is 0.237 e. The van der Waals surface area contributed by atoms with Gasteiger partial charge in [-0.1, -0.05) is 19.1 Å². The third kappa shape index (κ3) is 4.69. The zero-order valence-electron chi connectivity index (χ0n) is 14.6. The highest BCUT2D eigenvalue weighted by molar-refractivity contribution is 8.00. The van der Waals surface area contributed by atoms with Crippen LogP contribution in [0.2, 0.25) is 0 Å². The summed E-state index contributed by atoms with van der Waals surface area (Å²) in [5.41, 5.74) is 2.08. The predicted molar refractivity (Wildman–Crippen MR) is 102 cm³/mol. The molecule has 1 aliphatic heterocycles. The molecule has 1 unspecified atom stereocenters. The SMILES string of the molecule is CCc1ccc(NC(=O)C(C)Sc2ccc3c(c2)OCCCO3)cc1. The van der Waals surface area contributed by atoms with E-state index in [0.29, 0.717) is 13.2 Å². The Hall–Kier alpha value is -2.14. The zero-order valence-corrected chi connectivity index (χ0v) is 15.4. The number of ether oxygens (including phenoxy) is 2. The van der Waals surface area contributed by atoms with Crippen LogP contribution in [-0.4, -0.2) is 24.4 Å². The van der Waals surface area contributed by atoms with Crippen LogP contribution in [0.1, 0.15) is 25.8 Å². The van der Waals surface area contributed by atoms with Crippen molar-refractivity contribution in [2.75, 3.05) is 18.5 Å². The smallest absolute Gasteiger partial charge is 0.237 e. The van der Waals surface area contributed by atoms with Crippen LogP contribution in [0.4, 0.5) is 5.69 Å². The average molecular weight is 357 g/mol. The van der Waals surface area contributed by atoms with Gasteiger partial charge in [0.2, 0.25) is 5.91 Å². The Kier molecular flexibility index (Phi) is 5.87. The van der Waals surface area contributed by atoms with Crippen molar-refractivity contribution in [3.05, 3.63) is 48.0 Å². The van der Waals surface area contributed by atoms with Gasteiger partial charge in [-0.2, -0.15) is 0 Å². The number of carbonyl (C=O) groups is 1. The van der Waals surface area contributed by atoms with E-state index in [0.717, 1.165) is 34.9 Å². The lowest BCUT2D eigenvalue weighted by Gasteiger charge is -2.14. The molecule has 5 heteroatoms. The van der Waals surface area contributed by atoms with Gasteiger partial charge in [0, 0.05) is 17.0 Å². The van der Waals surface area contributed by atoms with E-state index in [1.54, 1.807) is 0 Å². The molecule has 1 N–H and O–H groups in total. The van der Waals surface area contributed by atoms with Gasteiger partial charge in [-0.05, 0) is 49.2 Å². The van der Waals surface area contributed by atoms with Crippen molar-refractivity contribution in [3.8, 4) is 11.5 Å². The van der Waals surface area contributed by atoms with Crippen LogP contribution in [0.15, 0.2) is 47.4 Å². The molecule has 0 fully saturated rings. The average Bonchev–Trinajstić information content (AvgIpc) is 2.87. The van der Waals surface area contributed by atoms with Gasteiger partial charge >= 0.3 is 0 Å². The maximum atomic E-state index is 12.4. The van der Waals surface area contributed by atoms with Gasteiger partial charge in [-0.3, -0.25) is 4.79 Å². The summed E-state index contributed by atoms with van der Waals surface area (Å²) in [5.74, 6) is 1.52. The summed E-state index contributed by atoms with van der Waals surface area (Å²) in [6.07, 6.45) is 1.87. The number of thioether (sulfide) groups is 1. The van der Waals surface area contributed by atoms with Gasteiger partial charge in [0.25, 0.3) is 0 Å². The molecule has 4 nitrogen and oxygen atoms in total. The highest BCUT2D eigenvalue weighted by Crippen LogP contribution is 2.35. The van der Waals surface area contributed by atoms with Crippen LogP contribution in [0.25, 0.3) is 0 Å². The molecule has 0 bridgehead atoms. The van der Waals surface area contributed by atoms with Crippen molar-refractivity contribution in [2.45, 2.75) is 36.8 Å². The predicted octanol–water partition coefficient (Wildman–Crippen LogP) is 4.53. The largest absolute Gasteiger partial charge is 0.490 e. The second-order valence-electron chi connectivity index (χ2n) is 5.96. The number of hydrogen-bond donors (Lipinski definition) is 1. The van der Waals surface area contributed by atoms with E-state index in [1.165, 1.54) is 17.3 Å². The number of amides is 1. The highest BCUT2D eigenvalue weighted by atomic mass is 32.2. The van der Waals surface area contributed by atoms with E-state index in [9.17, 15) is 4.79 Å². The summed E-state index contributed by atoms with van der Waals surface area (Å²) < 4.78 is 11.3. The first-order valence-electron chi connectivity index (χ1n) is 8.62. The number of rotatable bonds is 5. The van der Waals surface area contributed by atoms with Crippen LogP contribution >= 0.6 is 11.8 Å². The van der Waals surface area contributed by atoms with Crippen molar-refractivity contribution < 1.29 is 14.3 Å². The van der Waals surface area contributed by atoms with Crippen LogP contribution in [0, 0.1) is 0 Å². The first kappa shape index (κ1) is 17.7. The Bertz CT molecular complexity index is 730. The van der Waals surface area contributed by atoms with Gasteiger partial charge in [-0.25, -0.2) is 0 Å². The third-order valence-electron chi connectivity index (χ3n) is 4.03. The van der Waals surface area contributed by atoms with Crippen molar-refractivity contribution in [1.29, 1.82) is 0 Å². The Morgan fingerprint density at radius 3 is 2.56 bits per heavy atom. The summed E-state index contributed by atoms with van der Waals surface area (Å²) in [6, 6.07) is 13.8. The lowest BCUT2D eigenvalue weighted by Crippen LogP contribution is -2.22. The fraction of sp³-hybridized carbons (Fsp3) is 0.350. The Labute approximate surface area is 152 Å². The number of aryl methyl sites for hydroxylation is 1. The minimum Gasteiger partial charge on any atom is -0.490 e. The van der Waals surface area contributed by atoms with Crippen molar-refractivity contribution in [3.63, 3.8) is 0 Å². The molecule has 1 amide bonds. The number of fused-ring (bicyclic) bond motifs is 1. The molecule has 3 rings (SSSR count). The summed E-state index contributed by atoms with van der Waals surface area (Å²) in [7, 11) is 0. The number of hydrogen-bond acceptors (Lipinski definition) is 4. The molecule has 1 atom stereocenters. The molecule has 25 heavy (non-hydrogen) atoms. The lowest BCUT2D eigenvalue weighted by molar-refractivity contribution is -0.115. The van der Waals surface area contributed by atoms with Crippen molar-refractivity contribution >= 4 is 23.4 Å². The van der Waals surface area contributed by atoms with Crippen molar-refractivity contribution in [2.24, 2.45) is 0 Å². The molecule has 132 valence electrons. The van der Waals surface area contributed by atoms with Gasteiger partial charge in [0.1, 0.15) is 0 Å². The molecule has 0 aliphatic carbocycles. The van der Waals surface area contributed by atoms with E-state index in [1.807, 2.05) is 49.4 Å². The lowest BCUT2D eigenvalue weighted by atomic mass is 10.1. The fourth-order valence-electron chi connectivity index (χ4n) is 2.54. The first-order valence-corrected chi connectivity index (χ1v) is 9.50. The number of anilines is 1. The van der Waals surface area contributed by atoms with E-state index in [2.05, 4.69) is 12.2 Å². The highest BCUT2D eigenvalue weighted by Gasteiger charge is 2.17. The molecular formula is C20H23NO3S. The van der Waals surface area contributed by atoms with E-state index < -0.39 is 0 Å². The summed E-state index contributed by atoms with van der Waals surface area (Å²) in [5, 5.41) is 2.76. The Morgan fingerprint density at radius 2 is 1.84 bits per heavy atom. The van der Waals surface area contributed by atoms with Crippen molar-refractivity contribution in [1.82, 2.24) is 0 Å². The minimum atomic E-state index is -0.212. The van der Waals surface area contributed by atoms with Crippen LogP contribution in [-0.2, 0) is 11.2 Å². The van der Waals surface area contributed by atoms with E-state index in [-0.39, 0.29) is 11.2 Å². The number of benzene rings is 2. The summed E-state index contributed by atoms with van der Waals surface area (Å²) >= 11 is 1.51. The molecule has 0 saturated heterocycles. The van der Waals surface area contributed by atoms with Gasteiger partial charge in [-0.15, -0.1) is 11.8 Å². The molecule has 0 radical (unpaired) electrons. The summed E-state index contributed by atoms with van der Waals surface area (Å²) in [6.45, 7) is 5.35. The van der Waals surface area contributed by atoms with E-state index >= 15 is 0 Å². The molecular weight excluding hydrogens is 334 g/mol. The molecule has 0 aromatic heterocycles. The second kappa shape index (κ2) is 8.30. The van der Waals surface area contributed by atoms with Crippen LogP contribution < -0.4 is 14.8 Å². The minimum absolute atomic E-state index is 0.0126. The molecule has 1 heterocycles. The molecule has 2 aromatic carbocycles. The number of nitrogens with one attached hydrogen (secondary N) is 1. The van der Waals surface area contributed by atoms with Gasteiger partial charge < -0.3 is 14.8 Å². The fourth-order valence-corrected chi connectivity index (χ4v) is 3.44. The molecule has 1 aliphatic rings. The summed E-state index contributed by atoms with van der Waals surface area (Å²) in [4.78, 5) is 13.4. The van der Waals surface area contributed by atoms with Crippen LogP contribution in [0.3, 0.4) is 0 Å². The topological polar surface area (TPSA) is 47.6 Å². The third-order valence-corrected chi connectivity index (χ3v) is 5.12. The standard InChI is InChI=1S/C20H23NO3S/c1-3-15-5-7-16(8-6-15)21-20(22)14(2)25-17-9-10-18-19(13-17)24-12-4-11-23-18/h5-10,13-14H,3-4,11-12H2,1-2H3,(H,21,22). The Balaban J connectivity index is 1.61. The first-order chi connectivity index (χ1) is 12.2. The molecule has 0 saturated carbocycles. The molecule has 0 spiro atoms. The van der Waals surface area contributed by atoms with E-state index in [4.69, 9.17) is 9.47 Å². The second-order valence-corrected chi connectivity index (χ2v) is 7.37. The van der Waals surface area contributed by atoms with Crippen LogP contribution in [0.5, 0.6) is 11.5 Å². The van der Waals surface area contributed by atoms with Gasteiger partial charge in [0.05, 0.1) is 18.5 Å². The quantitative estimate of drug-likeness (QED) is 0.799. The van der Waals surface area contributed by atoms with Gasteiger partial charge in [0.15, 0.2) is 11.5 Å².